The number of anilines is 3. The van der Waals surface area contributed by atoms with Crippen molar-refractivity contribution in [1.82, 2.24) is 15.0 Å². The Morgan fingerprint density at radius 2 is 1.93 bits per heavy atom. The normalized spacial score (nSPS) is 12.3. The quantitative estimate of drug-likeness (QED) is 0.527. The largest absolute Gasteiger partial charge is 0.496 e. The van der Waals surface area contributed by atoms with E-state index in [0.717, 1.165) is 18.1 Å². The Morgan fingerprint density at radius 1 is 1.13 bits per heavy atom. The number of aromatic nitrogens is 3. The number of nitrogens with one attached hydrogen (secondary N) is 2. The van der Waals surface area contributed by atoms with Crippen LogP contribution in [-0.2, 0) is 6.18 Å². The predicted octanol–water partition coefficient (Wildman–Crippen LogP) is 5.52. The molecule has 30 heavy (non-hydrogen) atoms. The summed E-state index contributed by atoms with van der Waals surface area (Å²) in [5.74, 6) is 0.483. The molecule has 0 spiro atoms. The summed E-state index contributed by atoms with van der Waals surface area (Å²) >= 11 is 0. The second kappa shape index (κ2) is 8.98. The van der Waals surface area contributed by atoms with E-state index >= 15 is 0 Å². The van der Waals surface area contributed by atoms with Crippen LogP contribution < -0.4 is 15.4 Å². The van der Waals surface area contributed by atoms with Crippen molar-refractivity contribution in [2.75, 3.05) is 17.7 Å². The van der Waals surface area contributed by atoms with Crippen LogP contribution >= 0.6 is 0 Å². The van der Waals surface area contributed by atoms with Crippen molar-refractivity contribution >= 4 is 17.5 Å². The molecule has 0 saturated carbocycles. The van der Waals surface area contributed by atoms with Crippen LogP contribution in [0, 0.1) is 0 Å². The Labute approximate surface area is 172 Å². The van der Waals surface area contributed by atoms with Gasteiger partial charge < -0.3 is 15.4 Å². The standard InChI is InChI=1S/C21H22F3N5O/c1-4-13(2)26-20-28-17(14-6-5-9-25-12-14)11-19(29-20)27-15-7-8-18(30-3)16(10-15)21(22,23)24/h5-13H,4H2,1-3H3,(H2,26,27,28,29)/t13-/m0/s1. The van der Waals surface area contributed by atoms with Crippen LogP contribution in [0.25, 0.3) is 11.3 Å². The summed E-state index contributed by atoms with van der Waals surface area (Å²) in [6, 6.07) is 9.18. The van der Waals surface area contributed by atoms with E-state index in [0.29, 0.717) is 17.5 Å². The molecular weight excluding hydrogens is 395 g/mol. The van der Waals surface area contributed by atoms with Crippen LogP contribution in [0.3, 0.4) is 0 Å². The predicted molar refractivity (Wildman–Crippen MR) is 110 cm³/mol. The van der Waals surface area contributed by atoms with Crippen molar-refractivity contribution in [1.29, 1.82) is 0 Å². The Balaban J connectivity index is 2.00. The van der Waals surface area contributed by atoms with Gasteiger partial charge in [-0.3, -0.25) is 4.98 Å². The summed E-state index contributed by atoms with van der Waals surface area (Å²) in [5, 5.41) is 6.14. The van der Waals surface area contributed by atoms with E-state index in [1.54, 1.807) is 24.5 Å². The fourth-order valence-electron chi connectivity index (χ4n) is 2.72. The number of rotatable bonds is 7. The minimum Gasteiger partial charge on any atom is -0.496 e. The lowest BCUT2D eigenvalue weighted by Crippen LogP contribution is -2.16. The van der Waals surface area contributed by atoms with Crippen molar-refractivity contribution in [3.8, 4) is 17.0 Å². The lowest BCUT2D eigenvalue weighted by atomic mass is 10.1. The zero-order chi connectivity index (χ0) is 21.7. The number of hydrogen-bond donors (Lipinski definition) is 2. The summed E-state index contributed by atoms with van der Waals surface area (Å²) in [5.41, 5.74) is 0.722. The molecule has 9 heteroatoms. The van der Waals surface area contributed by atoms with E-state index < -0.39 is 11.7 Å². The second-order valence-corrected chi connectivity index (χ2v) is 6.70. The zero-order valence-corrected chi connectivity index (χ0v) is 16.8. The van der Waals surface area contributed by atoms with Gasteiger partial charge in [-0.2, -0.15) is 18.2 Å². The second-order valence-electron chi connectivity index (χ2n) is 6.70. The minimum atomic E-state index is -4.54. The summed E-state index contributed by atoms with van der Waals surface area (Å²) in [7, 11) is 1.20. The first-order valence-corrected chi connectivity index (χ1v) is 9.38. The molecule has 2 heterocycles. The molecule has 6 nitrogen and oxygen atoms in total. The van der Waals surface area contributed by atoms with Crippen molar-refractivity contribution < 1.29 is 17.9 Å². The summed E-state index contributed by atoms with van der Waals surface area (Å²) < 4.78 is 44.8. The van der Waals surface area contributed by atoms with Gasteiger partial charge in [0.15, 0.2) is 0 Å². The molecule has 0 fully saturated rings. The lowest BCUT2D eigenvalue weighted by Gasteiger charge is -2.16. The smallest absolute Gasteiger partial charge is 0.420 e. The van der Waals surface area contributed by atoms with Gasteiger partial charge >= 0.3 is 6.18 Å². The molecule has 0 saturated heterocycles. The Morgan fingerprint density at radius 3 is 2.57 bits per heavy atom. The van der Waals surface area contributed by atoms with Gasteiger partial charge in [0.25, 0.3) is 0 Å². The van der Waals surface area contributed by atoms with Crippen LogP contribution in [0.15, 0.2) is 48.8 Å². The van der Waals surface area contributed by atoms with Gasteiger partial charge in [0, 0.05) is 35.8 Å². The van der Waals surface area contributed by atoms with Crippen LogP contribution in [-0.4, -0.2) is 28.1 Å². The highest BCUT2D eigenvalue weighted by molar-refractivity contribution is 5.67. The highest BCUT2D eigenvalue weighted by atomic mass is 19.4. The number of alkyl halides is 3. The highest BCUT2D eigenvalue weighted by Crippen LogP contribution is 2.38. The number of ether oxygens (including phenoxy) is 1. The molecule has 158 valence electrons. The SMILES string of the molecule is CC[C@H](C)Nc1nc(Nc2ccc(OC)c(C(F)(F)F)c2)cc(-c2cccnc2)n1. The Kier molecular flexibility index (Phi) is 6.39. The van der Waals surface area contributed by atoms with Gasteiger partial charge in [-0.1, -0.05) is 6.92 Å². The molecule has 0 radical (unpaired) electrons. The van der Waals surface area contributed by atoms with Gasteiger partial charge in [-0.15, -0.1) is 0 Å². The number of halogens is 3. The number of hydrogen-bond acceptors (Lipinski definition) is 6. The highest BCUT2D eigenvalue weighted by Gasteiger charge is 2.34. The molecule has 2 aromatic heterocycles. The molecule has 3 aromatic rings. The molecular formula is C21H22F3N5O. The molecule has 0 aliphatic carbocycles. The van der Waals surface area contributed by atoms with E-state index in [-0.39, 0.29) is 17.5 Å². The van der Waals surface area contributed by atoms with Crippen LogP contribution in [0.5, 0.6) is 5.75 Å². The minimum absolute atomic E-state index is 0.125. The van der Waals surface area contributed by atoms with Crippen LogP contribution in [0.4, 0.5) is 30.6 Å². The molecule has 1 atom stereocenters. The third-order valence-electron chi connectivity index (χ3n) is 4.45. The van der Waals surface area contributed by atoms with Crippen molar-refractivity contribution in [3.63, 3.8) is 0 Å². The van der Waals surface area contributed by atoms with Gasteiger partial charge in [0.1, 0.15) is 11.6 Å². The zero-order valence-electron chi connectivity index (χ0n) is 16.8. The number of methoxy groups -OCH3 is 1. The summed E-state index contributed by atoms with van der Waals surface area (Å²) in [4.78, 5) is 13.0. The molecule has 0 bridgehead atoms. The maximum absolute atomic E-state index is 13.3. The number of benzene rings is 1. The maximum Gasteiger partial charge on any atom is 0.420 e. The molecule has 1 aromatic carbocycles. The van der Waals surface area contributed by atoms with E-state index in [9.17, 15) is 13.2 Å². The molecule has 0 aliphatic heterocycles. The van der Waals surface area contributed by atoms with Crippen molar-refractivity contribution in [3.05, 3.63) is 54.4 Å². The Hall–Kier alpha value is -3.36. The summed E-state index contributed by atoms with van der Waals surface area (Å²) in [6.45, 7) is 4.02. The first-order chi connectivity index (χ1) is 14.3. The first-order valence-electron chi connectivity index (χ1n) is 9.38. The van der Waals surface area contributed by atoms with Crippen LogP contribution in [0.2, 0.25) is 0 Å². The average Bonchev–Trinajstić information content (AvgIpc) is 2.73. The van der Waals surface area contributed by atoms with Crippen molar-refractivity contribution in [2.45, 2.75) is 32.5 Å². The fraction of sp³-hybridized carbons (Fsp3) is 0.286. The molecule has 2 N–H and O–H groups in total. The Bertz CT molecular complexity index is 996. The van der Waals surface area contributed by atoms with Gasteiger partial charge in [-0.05, 0) is 43.7 Å². The molecule has 0 unspecified atom stereocenters. The summed E-state index contributed by atoms with van der Waals surface area (Å²) in [6.07, 6.45) is -0.373. The lowest BCUT2D eigenvalue weighted by molar-refractivity contribution is -0.138. The number of pyridine rings is 1. The van der Waals surface area contributed by atoms with Crippen LogP contribution in [0.1, 0.15) is 25.8 Å². The van der Waals surface area contributed by atoms with Gasteiger partial charge in [0.05, 0.1) is 18.4 Å². The third-order valence-corrected chi connectivity index (χ3v) is 4.45. The van der Waals surface area contributed by atoms with Gasteiger partial charge in [-0.25, -0.2) is 4.98 Å². The third kappa shape index (κ3) is 5.16. The van der Waals surface area contributed by atoms with E-state index in [1.807, 2.05) is 19.9 Å². The molecule has 3 rings (SSSR count). The average molecular weight is 417 g/mol. The maximum atomic E-state index is 13.3. The first kappa shape index (κ1) is 21.4. The monoisotopic (exact) mass is 417 g/mol. The van der Waals surface area contributed by atoms with Crippen molar-refractivity contribution in [2.24, 2.45) is 0 Å². The fourth-order valence-corrected chi connectivity index (χ4v) is 2.72. The molecule has 0 aliphatic rings. The number of nitrogens with zero attached hydrogens (tertiary/aromatic N) is 3. The topological polar surface area (TPSA) is 72.0 Å². The van der Waals surface area contributed by atoms with E-state index in [1.165, 1.54) is 19.2 Å². The molecule has 0 amide bonds. The van der Waals surface area contributed by atoms with E-state index in [4.69, 9.17) is 4.74 Å². The van der Waals surface area contributed by atoms with E-state index in [2.05, 4.69) is 25.6 Å². The van der Waals surface area contributed by atoms with Gasteiger partial charge in [0.2, 0.25) is 5.95 Å².